The van der Waals surface area contributed by atoms with Gasteiger partial charge in [0.15, 0.2) is 6.29 Å². The number of nitrogens with one attached hydrogen (secondary N) is 1. The first-order valence-corrected chi connectivity index (χ1v) is 19.7. The zero-order valence-corrected chi connectivity index (χ0v) is 35.9. The molecule has 10 heteroatoms. The van der Waals surface area contributed by atoms with E-state index in [1.54, 1.807) is 28.9 Å². The molecule has 5 aromatic rings. The number of aromatic hydroxyl groups is 1. The summed E-state index contributed by atoms with van der Waals surface area (Å²) in [5.41, 5.74) is 6.42. The molecule has 1 amide bonds. The lowest BCUT2D eigenvalue weighted by Crippen LogP contribution is -2.29. The van der Waals surface area contributed by atoms with Crippen molar-refractivity contribution in [2.75, 3.05) is 36.8 Å². The molecule has 1 aliphatic heterocycles. The maximum atomic E-state index is 10.4. The number of carbonyl (C=O) groups excluding carboxylic acids is 2. The van der Waals surface area contributed by atoms with Gasteiger partial charge in [0.1, 0.15) is 28.4 Å². The van der Waals surface area contributed by atoms with E-state index in [9.17, 15) is 14.7 Å². The van der Waals surface area contributed by atoms with Crippen molar-refractivity contribution in [2.24, 2.45) is 0 Å². The van der Waals surface area contributed by atoms with Crippen LogP contribution in [0.25, 0.3) is 16.4 Å². The van der Waals surface area contributed by atoms with Crippen LogP contribution >= 0.6 is 11.6 Å². The number of carbonyl (C=O) groups is 2. The number of anilines is 2. The van der Waals surface area contributed by atoms with Crippen molar-refractivity contribution in [3.05, 3.63) is 108 Å². The lowest BCUT2D eigenvalue weighted by Gasteiger charge is -2.25. The molecular formula is C45H65ClN4O5. The van der Waals surface area contributed by atoms with Crippen molar-refractivity contribution in [1.29, 1.82) is 0 Å². The minimum absolute atomic E-state index is 0.152. The minimum atomic E-state index is -0.302. The summed E-state index contributed by atoms with van der Waals surface area (Å²) >= 11 is 4.64. The number of allylic oxidation sites excluding steroid dienone is 2. The van der Waals surface area contributed by atoms with E-state index >= 15 is 0 Å². The Morgan fingerprint density at radius 3 is 2.18 bits per heavy atom. The van der Waals surface area contributed by atoms with Crippen LogP contribution in [0.1, 0.15) is 95.4 Å². The lowest BCUT2D eigenvalue weighted by atomic mass is 9.97. The zero-order valence-electron chi connectivity index (χ0n) is 35.1. The number of phenols is 1. The summed E-state index contributed by atoms with van der Waals surface area (Å²) < 4.78 is 7.41. The van der Waals surface area contributed by atoms with Crippen LogP contribution in [0.3, 0.4) is 0 Å². The van der Waals surface area contributed by atoms with Crippen LogP contribution in [-0.4, -0.2) is 64.5 Å². The molecule has 0 spiro atoms. The van der Waals surface area contributed by atoms with Gasteiger partial charge in [-0.1, -0.05) is 82.7 Å². The Morgan fingerprint density at radius 2 is 1.64 bits per heavy atom. The number of pyridine rings is 1. The van der Waals surface area contributed by atoms with Gasteiger partial charge in [0, 0.05) is 62.5 Å². The van der Waals surface area contributed by atoms with Crippen LogP contribution in [-0.2, 0) is 11.2 Å². The summed E-state index contributed by atoms with van der Waals surface area (Å²) in [6, 6.07) is 19.4. The number of aromatic nitrogens is 2. The van der Waals surface area contributed by atoms with E-state index in [-0.39, 0.29) is 12.2 Å². The first kappa shape index (κ1) is 50.1. The van der Waals surface area contributed by atoms with Gasteiger partial charge in [0.05, 0.1) is 5.69 Å². The number of hydrogen-bond donors (Lipinski definition) is 3. The number of imidazole rings is 1. The number of aryl methyl sites for hydroxylation is 2. The van der Waals surface area contributed by atoms with Crippen LogP contribution in [0, 0.1) is 13.8 Å². The highest BCUT2D eigenvalue weighted by molar-refractivity contribution is 6.15. The fourth-order valence-electron chi connectivity index (χ4n) is 5.40. The Hall–Kier alpha value is -4.86. The monoisotopic (exact) mass is 776 g/mol. The minimum Gasteiger partial charge on any atom is -0.507 e. The number of benzene rings is 3. The molecule has 6 rings (SSSR count). The summed E-state index contributed by atoms with van der Waals surface area (Å²) in [7, 11) is 2.08. The lowest BCUT2D eigenvalue weighted by molar-refractivity contribution is -0.105. The number of likely N-dealkylation sites (N-methyl/N-ethyl adjacent to an activating group) is 1. The van der Waals surface area contributed by atoms with E-state index in [1.807, 2.05) is 97.9 Å². The third kappa shape index (κ3) is 16.6. The molecule has 0 unspecified atom stereocenters. The molecular weight excluding hydrogens is 712 g/mol. The highest BCUT2D eigenvalue weighted by Crippen LogP contribution is 2.40. The highest BCUT2D eigenvalue weighted by Gasteiger charge is 2.21. The van der Waals surface area contributed by atoms with Gasteiger partial charge >= 0.3 is 0 Å². The number of aliphatic hydroxyl groups is 1. The van der Waals surface area contributed by atoms with E-state index in [0.717, 1.165) is 30.5 Å². The number of rotatable bonds is 8. The number of fused-ring (bicyclic) bond motifs is 4. The van der Waals surface area contributed by atoms with Gasteiger partial charge in [0.2, 0.25) is 6.41 Å². The summed E-state index contributed by atoms with van der Waals surface area (Å²) in [6.45, 7) is 21.5. The van der Waals surface area contributed by atoms with E-state index in [0.29, 0.717) is 41.9 Å². The molecule has 3 N–H and O–H groups in total. The number of phenolic OH excluding ortho intramolecular Hbond substituents is 1. The van der Waals surface area contributed by atoms with E-state index < -0.39 is 0 Å². The molecule has 302 valence electrons. The molecule has 0 radical (unpaired) electrons. The average molecular weight is 777 g/mol. The molecule has 9 nitrogen and oxygen atoms in total. The normalized spacial score (nSPS) is 10.9. The number of hydrogen-bond acceptors (Lipinski definition) is 7. The Bertz CT molecular complexity index is 1850. The first-order valence-electron chi connectivity index (χ1n) is 18.9. The van der Waals surface area contributed by atoms with Gasteiger partial charge in [-0.25, -0.2) is 4.98 Å². The Morgan fingerprint density at radius 1 is 0.982 bits per heavy atom. The Balaban J connectivity index is 0.000000705. The molecule has 0 aliphatic carbocycles. The number of amides is 1. The zero-order chi connectivity index (χ0) is 42.0. The number of halogens is 1. The molecule has 0 saturated carbocycles. The largest absolute Gasteiger partial charge is 0.507 e. The fourth-order valence-corrected chi connectivity index (χ4v) is 5.40. The molecule has 0 saturated heterocycles. The summed E-state index contributed by atoms with van der Waals surface area (Å²) in [6.07, 6.45) is 13.1. The van der Waals surface area contributed by atoms with E-state index in [4.69, 9.17) is 9.84 Å². The predicted molar refractivity (Wildman–Crippen MR) is 235 cm³/mol. The second-order valence-electron chi connectivity index (χ2n) is 12.4. The van der Waals surface area contributed by atoms with Gasteiger partial charge in [0.25, 0.3) is 0 Å². The standard InChI is InChI=1S/C14H15NO.C12H18O2.C9H7N3O2.C5H10.2C2H6.CH3Cl/c1-9-4-3-5-11-13(16)8-12-10(14(9)11)6-7-15(12)2;1-10-4-6-11(7-5-10)14-12(2,3)8-9-13;13-5-8-4-12-3-7(10-6-14)1-2-9(12)11-8;1-3-5-4-2;3*1-2/h3-5,8,16H,6-7H2,1-2H3;4-7,13H,8-9H2,1-3H3;1-6H,(H,10,14);3,5H,4H2,1-2H3;2*1-2H3;1H3/b;;;5-3-;;;. The van der Waals surface area contributed by atoms with Crippen molar-refractivity contribution in [2.45, 2.75) is 94.1 Å². The van der Waals surface area contributed by atoms with Crippen LogP contribution in [0.4, 0.5) is 11.4 Å². The third-order valence-corrected chi connectivity index (χ3v) is 7.96. The van der Waals surface area contributed by atoms with Crippen molar-refractivity contribution in [3.63, 3.8) is 0 Å². The van der Waals surface area contributed by atoms with Crippen molar-refractivity contribution < 1.29 is 24.5 Å². The summed E-state index contributed by atoms with van der Waals surface area (Å²) in [5, 5.41) is 23.6. The molecule has 0 atom stereocenters. The van der Waals surface area contributed by atoms with Gasteiger partial charge in [-0.3, -0.25) is 9.59 Å². The number of aliphatic hydroxyl groups excluding tert-OH is 1. The van der Waals surface area contributed by atoms with Gasteiger partial charge < -0.3 is 29.6 Å². The van der Waals surface area contributed by atoms with Crippen molar-refractivity contribution >= 4 is 52.1 Å². The van der Waals surface area contributed by atoms with E-state index in [2.05, 4.69) is 65.9 Å². The van der Waals surface area contributed by atoms with Crippen molar-refractivity contribution in [1.82, 2.24) is 9.38 Å². The molecule has 3 heterocycles. The highest BCUT2D eigenvalue weighted by atomic mass is 35.5. The molecule has 2 aromatic heterocycles. The number of aldehydes is 1. The van der Waals surface area contributed by atoms with Gasteiger partial charge in [-0.05, 0) is 88.2 Å². The second kappa shape index (κ2) is 27.7. The summed E-state index contributed by atoms with van der Waals surface area (Å²) in [5.74, 6) is 1.25. The van der Waals surface area contributed by atoms with Crippen LogP contribution in [0.2, 0.25) is 0 Å². The first-order chi connectivity index (χ1) is 26.5. The molecule has 3 aromatic carbocycles. The third-order valence-electron chi connectivity index (χ3n) is 7.96. The average Bonchev–Trinajstić information content (AvgIpc) is 3.78. The van der Waals surface area contributed by atoms with Crippen LogP contribution in [0.5, 0.6) is 11.5 Å². The fraction of sp³-hybridized carbons (Fsp3) is 0.400. The number of alkyl halides is 1. The maximum absolute atomic E-state index is 10.4. The second-order valence-corrected chi connectivity index (χ2v) is 12.4. The Labute approximate surface area is 335 Å². The molecule has 55 heavy (non-hydrogen) atoms. The van der Waals surface area contributed by atoms with Crippen molar-refractivity contribution in [3.8, 4) is 11.5 Å². The van der Waals surface area contributed by atoms with Crippen LogP contribution < -0.4 is 15.0 Å². The maximum Gasteiger partial charge on any atom is 0.211 e. The topological polar surface area (TPSA) is 116 Å². The molecule has 0 fully saturated rings. The summed E-state index contributed by atoms with van der Waals surface area (Å²) in [4.78, 5) is 26.8. The smallest absolute Gasteiger partial charge is 0.211 e. The van der Waals surface area contributed by atoms with Gasteiger partial charge in [-0.2, -0.15) is 0 Å². The predicted octanol–water partition coefficient (Wildman–Crippen LogP) is 11.0. The number of nitrogens with zero attached hydrogens (tertiary/aromatic N) is 3. The van der Waals surface area contributed by atoms with Crippen LogP contribution in [0.15, 0.2) is 85.2 Å². The van der Waals surface area contributed by atoms with Gasteiger partial charge in [-0.15, -0.1) is 11.6 Å². The quantitative estimate of drug-likeness (QED) is 0.0816. The van der Waals surface area contributed by atoms with E-state index in [1.165, 1.54) is 34.1 Å². The number of ether oxygens (including phenoxy) is 1. The SMILES string of the molecule is C/C=C\CC.CC.CC.CCl.Cc1ccc(OC(C)(C)CCO)cc1.Cc1cccc2c(O)cc3c(c12)CCN3C.O=CNc1ccc2nc(C=O)cn2c1. The Kier molecular flexibility index (Phi) is 25.2. The molecule has 1 aliphatic rings. The molecule has 0 bridgehead atoms.